The van der Waals surface area contributed by atoms with Crippen molar-refractivity contribution < 1.29 is 18.0 Å². The monoisotopic (exact) mass is 363 g/mol. The van der Waals surface area contributed by atoms with Crippen molar-refractivity contribution >= 4 is 17.6 Å². The summed E-state index contributed by atoms with van der Waals surface area (Å²) in [6.07, 6.45) is -0.656. The van der Waals surface area contributed by atoms with Crippen LogP contribution in [0.2, 0.25) is 5.02 Å². The molecule has 0 aromatic heterocycles. The van der Waals surface area contributed by atoms with Gasteiger partial charge in [-0.05, 0) is 24.1 Å². The van der Waals surface area contributed by atoms with Gasteiger partial charge in [-0.15, -0.1) is 0 Å². The maximum atomic E-state index is 13.6. The topological polar surface area (TPSA) is 81.1 Å². The zero-order valence-electron chi connectivity index (χ0n) is 13.1. The van der Waals surface area contributed by atoms with Crippen molar-refractivity contribution in [1.29, 1.82) is 0 Å². The molecule has 0 aliphatic heterocycles. The molecule has 10 heteroatoms. The van der Waals surface area contributed by atoms with Crippen molar-refractivity contribution in [2.75, 3.05) is 13.6 Å². The predicted octanol–water partition coefficient (Wildman–Crippen LogP) is 4.34. The number of carbonyl (C=O) groups is 1. The average molecular weight is 364 g/mol. The van der Waals surface area contributed by atoms with Crippen molar-refractivity contribution in [3.8, 4) is 0 Å². The van der Waals surface area contributed by atoms with Crippen molar-refractivity contribution in [1.82, 2.24) is 10.2 Å². The minimum atomic E-state index is -3.22. The standard InChI is InChI=1S/C14H17ClF3N5O/c1-9(6-14(17,18)8-21-22-19)23(2)13(24)20-7-10-4-3-5-11(16)12(10)15/h3-5,9H,6-8H2,1-2H3,(H,20,24)/t9-/m0/s1. The first-order valence-electron chi connectivity index (χ1n) is 7.00. The number of hydrogen-bond acceptors (Lipinski definition) is 2. The van der Waals surface area contributed by atoms with Gasteiger partial charge in [0.25, 0.3) is 5.92 Å². The van der Waals surface area contributed by atoms with Gasteiger partial charge in [-0.3, -0.25) is 0 Å². The lowest BCUT2D eigenvalue weighted by atomic mass is 10.1. The fourth-order valence-electron chi connectivity index (χ4n) is 1.95. The van der Waals surface area contributed by atoms with E-state index < -0.39 is 36.8 Å². The molecule has 1 N–H and O–H groups in total. The smallest absolute Gasteiger partial charge is 0.317 e. The largest absolute Gasteiger partial charge is 0.334 e. The van der Waals surface area contributed by atoms with Crippen molar-refractivity contribution in [3.05, 3.63) is 45.0 Å². The second-order valence-electron chi connectivity index (χ2n) is 5.28. The van der Waals surface area contributed by atoms with Crippen LogP contribution in [0.1, 0.15) is 18.9 Å². The lowest BCUT2D eigenvalue weighted by Gasteiger charge is -2.28. The van der Waals surface area contributed by atoms with Crippen LogP contribution < -0.4 is 5.32 Å². The third kappa shape index (κ3) is 5.82. The summed E-state index contributed by atoms with van der Waals surface area (Å²) in [6, 6.07) is 2.77. The molecule has 1 atom stereocenters. The molecule has 1 aromatic rings. The summed E-state index contributed by atoms with van der Waals surface area (Å²) in [6.45, 7) is 0.433. The van der Waals surface area contributed by atoms with E-state index in [4.69, 9.17) is 17.1 Å². The van der Waals surface area contributed by atoms with Gasteiger partial charge in [0.2, 0.25) is 0 Å². The molecule has 0 bridgehead atoms. The molecule has 0 aliphatic carbocycles. The molecular formula is C14H17ClF3N5O. The van der Waals surface area contributed by atoms with Crippen LogP contribution in [0.25, 0.3) is 10.4 Å². The van der Waals surface area contributed by atoms with E-state index in [0.717, 1.165) is 4.90 Å². The Morgan fingerprint density at radius 3 is 2.83 bits per heavy atom. The van der Waals surface area contributed by atoms with Gasteiger partial charge in [0.05, 0.1) is 11.6 Å². The highest BCUT2D eigenvalue weighted by Gasteiger charge is 2.32. The van der Waals surface area contributed by atoms with Crippen LogP contribution in [-0.2, 0) is 6.54 Å². The number of benzene rings is 1. The van der Waals surface area contributed by atoms with Gasteiger partial charge in [0, 0.05) is 31.0 Å². The Morgan fingerprint density at radius 1 is 1.54 bits per heavy atom. The maximum Gasteiger partial charge on any atom is 0.317 e. The van der Waals surface area contributed by atoms with Gasteiger partial charge < -0.3 is 10.2 Å². The maximum absolute atomic E-state index is 13.6. The third-order valence-electron chi connectivity index (χ3n) is 3.40. The number of alkyl halides is 2. The number of azide groups is 1. The lowest BCUT2D eigenvalue weighted by Crippen LogP contribution is -2.44. The molecule has 0 spiro atoms. The summed E-state index contributed by atoms with van der Waals surface area (Å²) in [5.74, 6) is -3.82. The summed E-state index contributed by atoms with van der Waals surface area (Å²) in [7, 11) is 1.36. The van der Waals surface area contributed by atoms with Gasteiger partial charge in [0.15, 0.2) is 0 Å². The zero-order chi connectivity index (χ0) is 18.3. The lowest BCUT2D eigenvalue weighted by molar-refractivity contribution is -0.0144. The van der Waals surface area contributed by atoms with Crippen LogP contribution in [0.4, 0.5) is 18.0 Å². The average Bonchev–Trinajstić information content (AvgIpc) is 2.52. The van der Waals surface area contributed by atoms with Gasteiger partial charge in [-0.1, -0.05) is 28.8 Å². The van der Waals surface area contributed by atoms with Crippen LogP contribution in [0, 0.1) is 5.82 Å². The highest BCUT2D eigenvalue weighted by molar-refractivity contribution is 6.31. The Bertz CT molecular complexity index is 637. The van der Waals surface area contributed by atoms with Crippen molar-refractivity contribution in [2.24, 2.45) is 5.11 Å². The normalized spacial score (nSPS) is 12.2. The molecule has 132 valence electrons. The van der Waals surface area contributed by atoms with Gasteiger partial charge >= 0.3 is 6.03 Å². The van der Waals surface area contributed by atoms with Crippen molar-refractivity contribution in [2.45, 2.75) is 31.9 Å². The molecule has 24 heavy (non-hydrogen) atoms. The van der Waals surface area contributed by atoms with Gasteiger partial charge in [-0.2, -0.15) is 0 Å². The molecule has 6 nitrogen and oxygen atoms in total. The fraction of sp³-hybridized carbons (Fsp3) is 0.500. The first kappa shape index (κ1) is 19.9. The van der Waals surface area contributed by atoms with E-state index >= 15 is 0 Å². The third-order valence-corrected chi connectivity index (χ3v) is 3.83. The molecule has 0 radical (unpaired) electrons. The zero-order valence-corrected chi connectivity index (χ0v) is 13.9. The molecule has 0 aliphatic rings. The number of carbonyl (C=O) groups excluding carboxylic acids is 1. The number of rotatable bonds is 7. The predicted molar refractivity (Wildman–Crippen MR) is 84.4 cm³/mol. The number of hydrogen-bond donors (Lipinski definition) is 1. The fourth-order valence-corrected chi connectivity index (χ4v) is 2.14. The van der Waals surface area contributed by atoms with E-state index in [1.54, 1.807) is 6.07 Å². The molecule has 0 saturated carbocycles. The Morgan fingerprint density at radius 2 is 2.21 bits per heavy atom. The molecule has 0 saturated heterocycles. The van der Waals surface area contributed by atoms with Crippen LogP contribution in [0.3, 0.4) is 0 Å². The Hall–Kier alpha value is -2.12. The Balaban J connectivity index is 2.60. The number of nitrogens with one attached hydrogen (secondary N) is 1. The summed E-state index contributed by atoms with van der Waals surface area (Å²) in [5.41, 5.74) is 8.47. The minimum Gasteiger partial charge on any atom is -0.334 e. The number of nitrogens with zero attached hydrogens (tertiary/aromatic N) is 4. The highest BCUT2D eigenvalue weighted by atomic mass is 35.5. The quantitative estimate of drug-likeness (QED) is 0.436. The first-order valence-corrected chi connectivity index (χ1v) is 7.38. The molecular weight excluding hydrogens is 347 g/mol. The van der Waals surface area contributed by atoms with E-state index in [1.807, 2.05) is 0 Å². The van der Waals surface area contributed by atoms with E-state index in [2.05, 4.69) is 15.3 Å². The molecule has 0 fully saturated rings. The van der Waals surface area contributed by atoms with E-state index in [0.29, 0.717) is 5.56 Å². The molecule has 2 amide bonds. The van der Waals surface area contributed by atoms with E-state index in [-0.39, 0.29) is 11.6 Å². The van der Waals surface area contributed by atoms with E-state index in [1.165, 1.54) is 26.1 Å². The Kier molecular flexibility index (Phi) is 7.18. The molecule has 1 rings (SSSR count). The van der Waals surface area contributed by atoms with Gasteiger partial charge in [0.1, 0.15) is 5.82 Å². The summed E-state index contributed by atoms with van der Waals surface area (Å²) >= 11 is 5.78. The minimum absolute atomic E-state index is 0.0401. The van der Waals surface area contributed by atoms with Gasteiger partial charge in [-0.25, -0.2) is 18.0 Å². The second kappa shape index (κ2) is 8.65. The number of amides is 2. The van der Waals surface area contributed by atoms with Crippen molar-refractivity contribution in [3.63, 3.8) is 0 Å². The Labute approximate surface area is 142 Å². The van der Waals surface area contributed by atoms with Crippen LogP contribution in [-0.4, -0.2) is 36.5 Å². The van der Waals surface area contributed by atoms with Crippen LogP contribution in [0.15, 0.2) is 23.3 Å². The van der Waals surface area contributed by atoms with Crippen LogP contribution >= 0.6 is 11.6 Å². The summed E-state index contributed by atoms with van der Waals surface area (Å²) in [5, 5.41) is 5.24. The van der Waals surface area contributed by atoms with Crippen LogP contribution in [0.5, 0.6) is 0 Å². The number of urea groups is 1. The molecule has 0 heterocycles. The number of halogens is 4. The first-order chi connectivity index (χ1) is 11.2. The van der Waals surface area contributed by atoms with E-state index in [9.17, 15) is 18.0 Å². The second-order valence-corrected chi connectivity index (χ2v) is 5.66. The molecule has 0 unspecified atom stereocenters. The highest BCUT2D eigenvalue weighted by Crippen LogP contribution is 2.23. The SMILES string of the molecule is C[C@@H](CC(F)(F)CN=[N+]=[N-])N(C)C(=O)NCc1cccc(F)c1Cl. The molecule has 1 aromatic carbocycles. The summed E-state index contributed by atoms with van der Waals surface area (Å²) in [4.78, 5) is 15.4. The summed E-state index contributed by atoms with van der Waals surface area (Å²) < 4.78 is 40.4.